The number of hydrogen-bond acceptors (Lipinski definition) is 2. The maximum absolute atomic E-state index is 6.07. The van der Waals surface area contributed by atoms with Gasteiger partial charge in [0.2, 0.25) is 0 Å². The van der Waals surface area contributed by atoms with E-state index in [2.05, 4.69) is 12.2 Å². The van der Waals surface area contributed by atoms with Crippen LogP contribution in [0.5, 0.6) is 0 Å². The molecule has 0 aromatic heterocycles. The topological polar surface area (TPSA) is 21.3 Å². The SMILES string of the molecule is CCNC(CC1CCCCC1)C1(OC)CCCCC1. The first-order chi connectivity index (χ1) is 9.30. The van der Waals surface area contributed by atoms with E-state index in [9.17, 15) is 0 Å². The van der Waals surface area contributed by atoms with E-state index in [1.54, 1.807) is 0 Å². The first-order valence-corrected chi connectivity index (χ1v) is 8.59. The molecule has 0 aliphatic heterocycles. The second-order valence-corrected chi connectivity index (χ2v) is 6.68. The van der Waals surface area contributed by atoms with Crippen molar-refractivity contribution in [3.63, 3.8) is 0 Å². The third kappa shape index (κ3) is 3.95. The van der Waals surface area contributed by atoms with E-state index >= 15 is 0 Å². The predicted octanol–water partition coefficient (Wildman–Crippen LogP) is 4.28. The Morgan fingerprint density at radius 3 is 2.26 bits per heavy atom. The van der Waals surface area contributed by atoms with Crippen LogP contribution in [0, 0.1) is 5.92 Å². The van der Waals surface area contributed by atoms with E-state index < -0.39 is 0 Å². The average Bonchev–Trinajstić information content (AvgIpc) is 2.48. The monoisotopic (exact) mass is 267 g/mol. The minimum atomic E-state index is 0.131. The van der Waals surface area contributed by atoms with E-state index in [-0.39, 0.29) is 5.60 Å². The average molecular weight is 267 g/mol. The van der Waals surface area contributed by atoms with Crippen molar-refractivity contribution >= 4 is 0 Å². The molecule has 2 aliphatic carbocycles. The molecule has 19 heavy (non-hydrogen) atoms. The van der Waals surface area contributed by atoms with Crippen LogP contribution in [0.2, 0.25) is 0 Å². The van der Waals surface area contributed by atoms with Gasteiger partial charge in [0.1, 0.15) is 0 Å². The summed E-state index contributed by atoms with van der Waals surface area (Å²) in [7, 11) is 1.94. The van der Waals surface area contributed by atoms with Crippen molar-refractivity contribution in [3.8, 4) is 0 Å². The summed E-state index contributed by atoms with van der Waals surface area (Å²) in [5.74, 6) is 0.937. The van der Waals surface area contributed by atoms with E-state index in [0.717, 1.165) is 12.5 Å². The van der Waals surface area contributed by atoms with Gasteiger partial charge in [-0.15, -0.1) is 0 Å². The fourth-order valence-electron chi connectivity index (χ4n) is 4.33. The van der Waals surface area contributed by atoms with Gasteiger partial charge >= 0.3 is 0 Å². The molecule has 1 unspecified atom stereocenters. The summed E-state index contributed by atoms with van der Waals surface area (Å²) in [4.78, 5) is 0. The van der Waals surface area contributed by atoms with Crippen molar-refractivity contribution < 1.29 is 4.74 Å². The van der Waals surface area contributed by atoms with Gasteiger partial charge in [-0.25, -0.2) is 0 Å². The molecule has 0 aromatic rings. The van der Waals surface area contributed by atoms with Crippen LogP contribution in [0.1, 0.15) is 77.6 Å². The molecule has 1 atom stereocenters. The fourth-order valence-corrected chi connectivity index (χ4v) is 4.33. The first kappa shape index (κ1) is 15.3. The van der Waals surface area contributed by atoms with E-state index in [4.69, 9.17) is 4.74 Å². The van der Waals surface area contributed by atoms with Crippen molar-refractivity contribution in [2.45, 2.75) is 89.2 Å². The van der Waals surface area contributed by atoms with Gasteiger partial charge in [0, 0.05) is 13.2 Å². The standard InChI is InChI=1S/C17H33NO/c1-3-18-16(14-15-10-6-4-7-11-15)17(19-2)12-8-5-9-13-17/h15-16,18H,3-14H2,1-2H3. The Hall–Kier alpha value is -0.0800. The highest BCUT2D eigenvalue weighted by Crippen LogP contribution is 2.38. The number of methoxy groups -OCH3 is 1. The molecule has 0 heterocycles. The van der Waals surface area contributed by atoms with Crippen LogP contribution in [0.25, 0.3) is 0 Å². The van der Waals surface area contributed by atoms with E-state index in [1.165, 1.54) is 70.6 Å². The number of nitrogens with one attached hydrogen (secondary N) is 1. The third-order valence-corrected chi connectivity index (χ3v) is 5.49. The minimum absolute atomic E-state index is 0.131. The highest BCUT2D eigenvalue weighted by molar-refractivity contribution is 4.96. The van der Waals surface area contributed by atoms with Gasteiger partial charge in [-0.1, -0.05) is 58.3 Å². The van der Waals surface area contributed by atoms with Crippen LogP contribution in [0.4, 0.5) is 0 Å². The zero-order valence-corrected chi connectivity index (χ0v) is 13.0. The second-order valence-electron chi connectivity index (χ2n) is 6.68. The van der Waals surface area contributed by atoms with Gasteiger partial charge in [0.05, 0.1) is 5.60 Å². The van der Waals surface area contributed by atoms with Gasteiger partial charge in [-0.3, -0.25) is 0 Å². The van der Waals surface area contributed by atoms with Crippen LogP contribution in [0.15, 0.2) is 0 Å². The largest absolute Gasteiger partial charge is 0.377 e. The number of hydrogen-bond donors (Lipinski definition) is 1. The molecule has 2 heteroatoms. The maximum Gasteiger partial charge on any atom is 0.0831 e. The summed E-state index contributed by atoms with van der Waals surface area (Å²) in [5, 5.41) is 3.77. The number of rotatable bonds is 6. The quantitative estimate of drug-likeness (QED) is 0.775. The highest BCUT2D eigenvalue weighted by atomic mass is 16.5. The van der Waals surface area contributed by atoms with Gasteiger partial charge < -0.3 is 10.1 Å². The Morgan fingerprint density at radius 2 is 1.68 bits per heavy atom. The minimum Gasteiger partial charge on any atom is -0.377 e. The van der Waals surface area contributed by atoms with Crippen molar-refractivity contribution in [3.05, 3.63) is 0 Å². The lowest BCUT2D eigenvalue weighted by molar-refractivity contribution is -0.0731. The summed E-state index contributed by atoms with van der Waals surface area (Å²) in [5.41, 5.74) is 0.131. The summed E-state index contributed by atoms with van der Waals surface area (Å²) < 4.78 is 6.07. The molecule has 0 aromatic carbocycles. The van der Waals surface area contributed by atoms with Crippen molar-refractivity contribution in [2.24, 2.45) is 5.92 Å². The lowest BCUT2D eigenvalue weighted by Crippen LogP contribution is -2.54. The van der Waals surface area contributed by atoms with Crippen LogP contribution in [-0.2, 0) is 4.74 Å². The molecule has 2 saturated carbocycles. The van der Waals surface area contributed by atoms with E-state index in [1.807, 2.05) is 7.11 Å². The maximum atomic E-state index is 6.07. The van der Waals surface area contributed by atoms with Gasteiger partial charge in [0.15, 0.2) is 0 Å². The van der Waals surface area contributed by atoms with Gasteiger partial charge in [-0.2, -0.15) is 0 Å². The molecule has 2 aliphatic rings. The lowest BCUT2D eigenvalue weighted by atomic mass is 9.74. The molecule has 0 saturated heterocycles. The van der Waals surface area contributed by atoms with Crippen molar-refractivity contribution in [1.29, 1.82) is 0 Å². The number of ether oxygens (including phenoxy) is 1. The lowest BCUT2D eigenvalue weighted by Gasteiger charge is -2.44. The Balaban J connectivity index is 1.99. The summed E-state index contributed by atoms with van der Waals surface area (Å²) in [6, 6.07) is 0.575. The Bertz CT molecular complexity index is 242. The Kier molecular flexibility index (Phi) is 6.15. The molecule has 0 spiro atoms. The third-order valence-electron chi connectivity index (χ3n) is 5.49. The normalized spacial score (nSPS) is 26.2. The van der Waals surface area contributed by atoms with Crippen LogP contribution >= 0.6 is 0 Å². The summed E-state index contributed by atoms with van der Waals surface area (Å²) in [6.45, 7) is 3.31. The Morgan fingerprint density at radius 1 is 1.05 bits per heavy atom. The summed E-state index contributed by atoms with van der Waals surface area (Å²) in [6.07, 6.45) is 15.2. The Labute approximate surface area is 119 Å². The van der Waals surface area contributed by atoms with Gasteiger partial charge in [0.25, 0.3) is 0 Å². The molecule has 1 N–H and O–H groups in total. The van der Waals surface area contributed by atoms with Crippen LogP contribution < -0.4 is 5.32 Å². The molecule has 2 nitrogen and oxygen atoms in total. The molecule has 2 fully saturated rings. The van der Waals surface area contributed by atoms with Crippen molar-refractivity contribution in [2.75, 3.05) is 13.7 Å². The van der Waals surface area contributed by atoms with Crippen LogP contribution in [0.3, 0.4) is 0 Å². The smallest absolute Gasteiger partial charge is 0.0831 e. The molecular weight excluding hydrogens is 234 g/mol. The van der Waals surface area contributed by atoms with E-state index in [0.29, 0.717) is 6.04 Å². The first-order valence-electron chi connectivity index (χ1n) is 8.59. The molecule has 112 valence electrons. The molecule has 0 radical (unpaired) electrons. The highest BCUT2D eigenvalue weighted by Gasteiger charge is 2.40. The zero-order valence-electron chi connectivity index (χ0n) is 13.0. The summed E-state index contributed by atoms with van der Waals surface area (Å²) >= 11 is 0. The van der Waals surface area contributed by atoms with Crippen molar-refractivity contribution in [1.82, 2.24) is 5.32 Å². The molecule has 2 rings (SSSR count). The predicted molar refractivity (Wildman–Crippen MR) is 81.5 cm³/mol. The van der Waals surface area contributed by atoms with Gasteiger partial charge in [-0.05, 0) is 31.7 Å². The zero-order chi connectivity index (χ0) is 13.6. The number of likely N-dealkylation sites (N-methyl/N-ethyl adjacent to an activating group) is 1. The molecular formula is C17H33NO. The molecule has 0 amide bonds. The fraction of sp³-hybridized carbons (Fsp3) is 1.00. The second kappa shape index (κ2) is 7.64. The molecule has 0 bridgehead atoms. The van der Waals surface area contributed by atoms with Crippen LogP contribution in [-0.4, -0.2) is 25.3 Å².